The number of fused-ring (bicyclic) bond motifs is 3. The molecule has 8 aromatic carbocycles. The molecule has 87 heavy (non-hydrogen) atoms. The van der Waals surface area contributed by atoms with E-state index in [4.69, 9.17) is 54.3 Å². The van der Waals surface area contributed by atoms with Gasteiger partial charge in [-0.2, -0.15) is 24.6 Å². The molecule has 14 nitrogen and oxygen atoms in total. The Kier molecular flexibility index (Phi) is 24.8. The molecule has 13 aromatic rings. The van der Waals surface area contributed by atoms with E-state index < -0.39 is 7.12 Å². The Morgan fingerprint density at radius 1 is 0.483 bits per heavy atom. The van der Waals surface area contributed by atoms with Crippen LogP contribution in [0.5, 0.6) is 11.5 Å². The molecule has 0 radical (unpaired) electrons. The molecule has 0 amide bonds. The molecule has 0 aliphatic heterocycles. The molecule has 432 valence electrons. The van der Waals surface area contributed by atoms with Gasteiger partial charge in [-0.05, 0) is 78.5 Å². The van der Waals surface area contributed by atoms with Gasteiger partial charge in [0.05, 0.1) is 87.6 Å². The number of imidazole rings is 2. The van der Waals surface area contributed by atoms with Gasteiger partial charge in [0.25, 0.3) is 0 Å². The molecule has 0 atom stereocenters. The number of nitrogens with zero attached hydrogens (tertiary/aromatic N) is 10. The number of hydrogen-bond donors (Lipinski definition) is 2. The van der Waals surface area contributed by atoms with Crippen molar-refractivity contribution in [3.63, 3.8) is 0 Å². The zero-order valence-electron chi connectivity index (χ0n) is 48.0. The van der Waals surface area contributed by atoms with Crippen molar-refractivity contribution in [1.29, 1.82) is 0 Å². The molecule has 0 fully saturated rings. The van der Waals surface area contributed by atoms with E-state index in [9.17, 15) is 0 Å². The van der Waals surface area contributed by atoms with Crippen molar-refractivity contribution < 1.29 is 36.5 Å². The Morgan fingerprint density at radius 3 is 1.40 bits per heavy atom. The predicted octanol–water partition coefficient (Wildman–Crippen LogP) is 10.6. The van der Waals surface area contributed by atoms with Gasteiger partial charge >= 0.3 is 30.2 Å². The molecular weight excluding hydrogens is 1230 g/mol. The molecule has 0 spiro atoms. The maximum absolute atomic E-state index is 9.09. The van der Waals surface area contributed by atoms with Gasteiger partial charge in [0.2, 0.25) is 0 Å². The molecule has 0 saturated heterocycles. The van der Waals surface area contributed by atoms with Crippen LogP contribution < -0.4 is 31.9 Å². The van der Waals surface area contributed by atoms with E-state index >= 15 is 0 Å². The average Bonchev–Trinajstić information content (AvgIpc) is 3.78. The normalized spacial score (nSPS) is 10.3. The van der Waals surface area contributed by atoms with Crippen molar-refractivity contribution in [3.05, 3.63) is 288 Å². The number of aryl methyl sites for hydroxylation is 2. The van der Waals surface area contributed by atoms with E-state index in [-0.39, 0.29) is 40.0 Å². The van der Waals surface area contributed by atoms with Gasteiger partial charge in [0.1, 0.15) is 35.6 Å². The maximum atomic E-state index is 9.09. The Labute approximate surface area is 547 Å². The second kappa shape index (κ2) is 32.5. The number of rotatable bonds is 10. The van der Waals surface area contributed by atoms with Crippen LogP contribution in [0.4, 0.5) is 0 Å². The minimum atomic E-state index is -1.50. The Morgan fingerprint density at radius 2 is 0.931 bits per heavy atom. The molecule has 5 aromatic heterocycles. The summed E-state index contributed by atoms with van der Waals surface area (Å²) in [6.07, 6.45) is 13.5. The minimum absolute atomic E-state index is 0. The molecule has 0 aliphatic carbocycles. The van der Waals surface area contributed by atoms with Crippen molar-refractivity contribution in [3.8, 4) is 34.0 Å². The number of hydrogen-bond acceptors (Lipinski definition) is 12. The fraction of sp³-hybridized carbons (Fsp3) is 0.0896. The molecule has 5 heterocycles. The van der Waals surface area contributed by atoms with Gasteiger partial charge in [-0.25, -0.2) is 39.9 Å². The van der Waals surface area contributed by atoms with Gasteiger partial charge < -0.3 is 45.6 Å². The molecule has 0 bridgehead atoms. The minimum Gasteiger partial charge on any atom is -1.00 e. The van der Waals surface area contributed by atoms with E-state index in [2.05, 4.69) is 120 Å². The van der Waals surface area contributed by atoms with Crippen LogP contribution in [-0.4, -0.2) is 103 Å². The van der Waals surface area contributed by atoms with Crippen LogP contribution in [0.3, 0.4) is 0 Å². The molecule has 0 saturated carbocycles. The third kappa shape index (κ3) is 17.5. The summed E-state index contributed by atoms with van der Waals surface area (Å²) in [6.45, 7) is 7.59. The Bertz CT molecular complexity index is 4290. The van der Waals surface area contributed by atoms with E-state index in [1.54, 1.807) is 56.7 Å². The summed E-state index contributed by atoms with van der Waals surface area (Å²) in [5, 5.41) is 22.8. The number of benzene rings is 8. The van der Waals surface area contributed by atoms with Crippen molar-refractivity contribution in [2.24, 2.45) is 0 Å². The fourth-order valence-corrected chi connectivity index (χ4v) is 9.71. The number of ether oxygens (including phenoxy) is 2. The molecule has 0 unspecified atom stereocenters. The first kappa shape index (κ1) is 66.3. The van der Waals surface area contributed by atoms with E-state index in [1.807, 2.05) is 120 Å². The maximum Gasteiger partial charge on any atom is 2.00 e. The summed E-state index contributed by atoms with van der Waals surface area (Å²) in [4.78, 5) is 34.1. The monoisotopic (exact) mass is 1280 g/mol. The smallest absolute Gasteiger partial charge is 1.00 e. The summed E-state index contributed by atoms with van der Waals surface area (Å²) < 4.78 is 14.7. The van der Waals surface area contributed by atoms with Gasteiger partial charge in [-0.15, -0.1) is 12.1 Å². The zero-order chi connectivity index (χ0) is 59.7. The summed E-state index contributed by atoms with van der Waals surface area (Å²) in [5.74, 6) is 1.35. The number of aromatic nitrogens is 10. The van der Waals surface area contributed by atoms with Gasteiger partial charge in [-0.1, -0.05) is 150 Å². The first-order valence-electron chi connectivity index (χ1n) is 26.7. The zero-order valence-corrected chi connectivity index (χ0v) is 53.2. The second-order valence-corrected chi connectivity index (χ2v) is 20.3. The first-order chi connectivity index (χ1) is 41.4. The van der Waals surface area contributed by atoms with Crippen molar-refractivity contribution in [2.45, 2.75) is 26.7 Å². The van der Waals surface area contributed by atoms with Crippen molar-refractivity contribution in [1.82, 2.24) is 49.0 Å². The number of para-hydroxylation sites is 3. The second-order valence-electron chi connectivity index (χ2n) is 19.1. The largest absolute Gasteiger partial charge is 2.00 e. The Balaban J connectivity index is 0.000000167. The van der Waals surface area contributed by atoms with Crippen LogP contribution in [-0.2, 0) is 12.8 Å². The summed E-state index contributed by atoms with van der Waals surface area (Å²) in [6, 6.07) is 59.2. The van der Waals surface area contributed by atoms with Crippen LogP contribution in [0.15, 0.2) is 226 Å². The van der Waals surface area contributed by atoms with Crippen LogP contribution in [0.2, 0.25) is 15.2 Å². The topological polar surface area (TPSA) is 172 Å². The summed E-state index contributed by atoms with van der Waals surface area (Å²) >= 11 is 17.8. The molecule has 13 rings (SSSR count). The molecular formula is C67H57BBrCl3MgN10O4. The average molecular weight is 1290 g/mol. The van der Waals surface area contributed by atoms with E-state index in [0.717, 1.165) is 96.6 Å². The van der Waals surface area contributed by atoms with Crippen molar-refractivity contribution in [2.75, 3.05) is 14.2 Å². The van der Waals surface area contributed by atoms with Gasteiger partial charge in [-0.3, -0.25) is 0 Å². The number of halogens is 4. The molecule has 20 heteroatoms. The third-order valence-corrected chi connectivity index (χ3v) is 14.2. The predicted molar refractivity (Wildman–Crippen MR) is 347 cm³/mol. The first-order valence-corrected chi connectivity index (χ1v) is 27.9. The number of methoxy groups -OCH3 is 2. The third-order valence-electron chi connectivity index (χ3n) is 13.3. The fourth-order valence-electron chi connectivity index (χ4n) is 9.07. The van der Waals surface area contributed by atoms with Crippen LogP contribution in [0.1, 0.15) is 39.5 Å². The summed E-state index contributed by atoms with van der Waals surface area (Å²) in [5.41, 5.74) is 14.1. The van der Waals surface area contributed by atoms with E-state index in [1.165, 1.54) is 24.6 Å². The quantitative estimate of drug-likeness (QED) is 0.0755. The van der Waals surface area contributed by atoms with Crippen LogP contribution in [0.25, 0.3) is 55.2 Å². The van der Waals surface area contributed by atoms with Gasteiger partial charge in [0.15, 0.2) is 0 Å². The van der Waals surface area contributed by atoms with Crippen molar-refractivity contribution >= 4 is 103 Å². The van der Waals surface area contributed by atoms with E-state index in [0.29, 0.717) is 31.9 Å². The SMILES string of the molecule is COc1cc(-c2cccc3c(Cc4ccccc4)ncnc23)ccc1-n1cnc(C)c1.COc1cc(B(O)O)ccc1-n1cnc(C)c1.Clc1cccc2c(Cc3ccccc3)ncnc12.Clc1ncnc2c(Cl)cccc12.[Br-].[CH2-]c1ccccc1.[Mg+2]. The van der Waals surface area contributed by atoms with Gasteiger partial charge in [0, 0.05) is 47.0 Å². The molecule has 0 aliphatic rings. The molecule has 2 N–H and O–H groups in total. The standard InChI is InChI=1S/C26H22N4O.C15H11ClN2.C11H13BN2O3.C8H4Cl2N2.C7H7.BrH.Mg/c1-18-15-30(17-29-18)24-12-11-20(14-25(24)31-2)21-9-6-10-22-23(27-16-28-26(21)22)13-19-7-4-3-5-8-19;16-13-8-4-7-12-14(17-10-18-15(12)13)9-11-5-2-1-3-6-11;1-8-6-14(7-13-8)10-4-3-9(12(15)16)5-11(10)17-2;9-6-3-1-2-5-7(6)11-4-12-8(5)10;1-7-5-3-2-4-6-7;;/h3-12,14-17H,13H2,1-2H3;1-8,10H,9H2;3-7,15-16H,1-2H3;1-4H;2-6H,1H2;1H;/q;;;;-1;;+2/p-1. The van der Waals surface area contributed by atoms with Crippen LogP contribution >= 0.6 is 34.8 Å². The summed E-state index contributed by atoms with van der Waals surface area (Å²) in [7, 11) is 1.73. The Hall–Kier alpha value is -8.23. The van der Waals surface area contributed by atoms with Crippen LogP contribution in [0, 0.1) is 20.8 Å².